The van der Waals surface area contributed by atoms with Crippen LogP contribution in [0.15, 0.2) is 89.5 Å². The van der Waals surface area contributed by atoms with Gasteiger partial charge in [-0.1, -0.05) is 43.2 Å². The van der Waals surface area contributed by atoms with E-state index in [1.807, 2.05) is 41.3 Å². The number of carbonyl (C=O) groups excluding carboxylic acids is 1. The molecule has 2 saturated heterocycles. The number of aromatic amines is 1. The van der Waals surface area contributed by atoms with E-state index in [0.29, 0.717) is 42.7 Å². The molecule has 4 aliphatic rings. The molecule has 3 aromatic carbocycles. The summed E-state index contributed by atoms with van der Waals surface area (Å²) in [5, 5.41) is 13.7. The third kappa shape index (κ3) is 9.41. The summed E-state index contributed by atoms with van der Waals surface area (Å²) >= 11 is 6.26. The predicted molar refractivity (Wildman–Crippen MR) is 246 cm³/mol. The van der Waals surface area contributed by atoms with Crippen LogP contribution >= 0.6 is 11.6 Å². The highest BCUT2D eigenvalue weighted by molar-refractivity contribution is 7.90. The molecular formula is C47H52ClN7O8S. The van der Waals surface area contributed by atoms with E-state index in [4.69, 9.17) is 25.8 Å². The second-order valence-corrected chi connectivity index (χ2v) is 20.0. The molecule has 1 unspecified atom stereocenters. The van der Waals surface area contributed by atoms with Crippen LogP contribution in [0.4, 0.5) is 22.7 Å². The maximum absolute atomic E-state index is 14.3. The number of hydrogen-bond acceptors (Lipinski definition) is 12. The lowest BCUT2D eigenvalue weighted by molar-refractivity contribution is -0.386. The van der Waals surface area contributed by atoms with Crippen molar-refractivity contribution >= 4 is 66.9 Å². The second-order valence-electron chi connectivity index (χ2n) is 17.8. The summed E-state index contributed by atoms with van der Waals surface area (Å²) in [5.41, 5.74) is 6.55. The number of piperazine rings is 1. The quantitative estimate of drug-likeness (QED) is 0.0907. The summed E-state index contributed by atoms with van der Waals surface area (Å²) in [6.07, 6.45) is 6.71. The van der Waals surface area contributed by atoms with Gasteiger partial charge in [-0.15, -0.1) is 0 Å². The van der Waals surface area contributed by atoms with Gasteiger partial charge in [-0.3, -0.25) is 19.8 Å². The van der Waals surface area contributed by atoms with Crippen molar-refractivity contribution in [2.45, 2.75) is 50.8 Å². The topological polar surface area (TPSA) is 172 Å². The van der Waals surface area contributed by atoms with Crippen molar-refractivity contribution in [3.63, 3.8) is 0 Å². The number of carbonyl (C=O) groups is 1. The Labute approximate surface area is 377 Å². The number of ether oxygens (including phenoxy) is 3. The summed E-state index contributed by atoms with van der Waals surface area (Å²) < 4.78 is 47.2. The smallest absolute Gasteiger partial charge is 0.312 e. The first-order chi connectivity index (χ1) is 30.8. The van der Waals surface area contributed by atoms with E-state index < -0.39 is 31.4 Å². The number of sulfonamides is 1. The van der Waals surface area contributed by atoms with Gasteiger partial charge in [0.2, 0.25) is 5.88 Å². The van der Waals surface area contributed by atoms with E-state index >= 15 is 0 Å². The minimum Gasteiger partial charge on any atom is -0.486 e. The molecule has 336 valence electrons. The van der Waals surface area contributed by atoms with Crippen LogP contribution in [-0.2, 0) is 14.8 Å². The molecule has 0 spiro atoms. The van der Waals surface area contributed by atoms with Gasteiger partial charge in [-0.05, 0) is 103 Å². The zero-order valence-corrected chi connectivity index (χ0v) is 37.6. The lowest BCUT2D eigenvalue weighted by atomic mass is 9.72. The van der Waals surface area contributed by atoms with E-state index in [2.05, 4.69) is 50.5 Å². The van der Waals surface area contributed by atoms with Crippen LogP contribution in [0.3, 0.4) is 0 Å². The molecule has 17 heteroatoms. The fourth-order valence-electron chi connectivity index (χ4n) is 9.20. The van der Waals surface area contributed by atoms with Gasteiger partial charge in [-0.2, -0.15) is 4.98 Å². The van der Waals surface area contributed by atoms with Crippen LogP contribution in [0, 0.1) is 21.4 Å². The molecule has 2 aromatic heterocycles. The SMILES string of the molecule is CC1(C)CCC(CN2CCN(c3ccc(C(=O)NS(=O)(=O)c4ccc(OCC5CCCOC5)c([N+](=O)[O-])c4)c(N4CCOc5nc6[nH]ccc6cc54)c3)CC2)=C(c2ccc(Cl)cc2)C1. The number of nitrogens with one attached hydrogen (secondary N) is 2. The van der Waals surface area contributed by atoms with Gasteiger partial charge >= 0.3 is 5.69 Å². The first kappa shape index (κ1) is 43.6. The van der Waals surface area contributed by atoms with Crippen molar-refractivity contribution in [1.29, 1.82) is 0 Å². The summed E-state index contributed by atoms with van der Waals surface area (Å²) in [6, 6.07) is 20.8. The predicted octanol–water partition coefficient (Wildman–Crippen LogP) is 8.37. The number of nitro groups is 1. The van der Waals surface area contributed by atoms with E-state index in [-0.39, 0.29) is 35.9 Å². The average molecular weight is 910 g/mol. The van der Waals surface area contributed by atoms with Gasteiger partial charge in [0.15, 0.2) is 5.75 Å². The Hall–Kier alpha value is -5.68. The monoisotopic (exact) mass is 909 g/mol. The van der Waals surface area contributed by atoms with Gasteiger partial charge in [0.25, 0.3) is 15.9 Å². The summed E-state index contributed by atoms with van der Waals surface area (Å²) in [7, 11) is -4.59. The van der Waals surface area contributed by atoms with Crippen LogP contribution in [0.25, 0.3) is 16.6 Å². The number of anilines is 3. The number of allylic oxidation sites excluding steroid dienone is 1. The number of H-pyrrole nitrogens is 1. The van der Waals surface area contributed by atoms with Gasteiger partial charge < -0.3 is 29.0 Å². The highest BCUT2D eigenvalue weighted by Gasteiger charge is 2.32. The highest BCUT2D eigenvalue weighted by Crippen LogP contribution is 2.44. The average Bonchev–Trinajstić information content (AvgIpc) is 3.76. The van der Waals surface area contributed by atoms with Gasteiger partial charge in [-0.25, -0.2) is 13.1 Å². The minimum atomic E-state index is -4.59. The fourth-order valence-corrected chi connectivity index (χ4v) is 10.3. The van der Waals surface area contributed by atoms with Crippen molar-refractivity contribution in [2.24, 2.45) is 11.3 Å². The molecule has 3 aliphatic heterocycles. The van der Waals surface area contributed by atoms with Crippen LogP contribution in [0.5, 0.6) is 11.6 Å². The summed E-state index contributed by atoms with van der Waals surface area (Å²) in [6.45, 7) is 10.7. The Morgan fingerprint density at radius 1 is 1.02 bits per heavy atom. The molecule has 1 amide bonds. The number of fused-ring (bicyclic) bond motifs is 2. The normalized spacial score (nSPS) is 19.3. The zero-order chi connectivity index (χ0) is 44.6. The van der Waals surface area contributed by atoms with Crippen LogP contribution in [0.2, 0.25) is 5.02 Å². The molecule has 1 atom stereocenters. The zero-order valence-electron chi connectivity index (χ0n) is 36.0. The van der Waals surface area contributed by atoms with E-state index in [9.17, 15) is 23.3 Å². The number of nitrogens with zero attached hydrogens (tertiary/aromatic N) is 5. The number of halogens is 1. The van der Waals surface area contributed by atoms with Gasteiger partial charge in [0, 0.05) is 73.6 Å². The van der Waals surface area contributed by atoms with Crippen molar-refractivity contribution in [3.8, 4) is 11.6 Å². The molecule has 2 N–H and O–H groups in total. The van der Waals surface area contributed by atoms with Crippen LogP contribution < -0.4 is 24.0 Å². The van der Waals surface area contributed by atoms with Crippen molar-refractivity contribution < 1.29 is 32.3 Å². The molecule has 1 aliphatic carbocycles. The minimum absolute atomic E-state index is 0.0616. The van der Waals surface area contributed by atoms with Gasteiger partial charge in [0.1, 0.15) is 17.9 Å². The number of hydrogen-bond donors (Lipinski definition) is 2. The van der Waals surface area contributed by atoms with Crippen molar-refractivity contribution in [2.75, 3.05) is 75.5 Å². The molecule has 5 aromatic rings. The standard InChI is InChI=1S/C47H52ClN7O8S/c1-47(2)15-13-34(39(27-47)32-5-7-35(48)8-6-32)28-52-17-19-53(20-18-52)36-9-11-38(40(25-36)54-21-23-62-46-42(54)24-33-14-16-49-44(33)50-46)45(56)51-64(59,60)37-10-12-43(41(26-37)55(57)58)63-30-31-4-3-22-61-29-31/h5-12,14,16,24-26,31H,3-4,13,15,17-23,27-30H2,1-2H3,(H,49,50)(H,51,56). The maximum Gasteiger partial charge on any atom is 0.312 e. The number of nitro benzene ring substituents is 1. The maximum atomic E-state index is 14.3. The largest absolute Gasteiger partial charge is 0.486 e. The number of benzene rings is 3. The Morgan fingerprint density at radius 3 is 2.59 bits per heavy atom. The Bertz CT molecular complexity index is 2710. The van der Waals surface area contributed by atoms with E-state index in [1.54, 1.807) is 12.3 Å². The first-order valence-corrected chi connectivity index (χ1v) is 23.7. The Balaban J connectivity index is 0.975. The van der Waals surface area contributed by atoms with Gasteiger partial charge in [0.05, 0.1) is 40.8 Å². The lowest BCUT2D eigenvalue weighted by Gasteiger charge is -2.39. The second kappa shape index (κ2) is 18.1. The van der Waals surface area contributed by atoms with Crippen LogP contribution in [0.1, 0.15) is 61.9 Å². The lowest BCUT2D eigenvalue weighted by Crippen LogP contribution is -2.47. The fraction of sp³-hybridized carbons (Fsp3) is 0.404. The molecule has 9 rings (SSSR count). The molecule has 5 heterocycles. The van der Waals surface area contributed by atoms with E-state index in [1.165, 1.54) is 28.8 Å². The Morgan fingerprint density at radius 2 is 1.83 bits per heavy atom. The number of amides is 1. The third-order valence-corrected chi connectivity index (χ3v) is 14.3. The molecular weight excluding hydrogens is 858 g/mol. The van der Waals surface area contributed by atoms with Crippen molar-refractivity contribution in [1.82, 2.24) is 19.6 Å². The number of pyridine rings is 1. The molecule has 0 bridgehead atoms. The molecule has 0 saturated carbocycles. The number of aromatic nitrogens is 2. The summed E-state index contributed by atoms with van der Waals surface area (Å²) in [5.74, 6) is -0.510. The van der Waals surface area contributed by atoms with Crippen LogP contribution in [-0.4, -0.2) is 99.8 Å². The van der Waals surface area contributed by atoms with E-state index in [0.717, 1.165) is 87.0 Å². The third-order valence-electron chi connectivity index (χ3n) is 12.8. The summed E-state index contributed by atoms with van der Waals surface area (Å²) in [4.78, 5) is 39.8. The van der Waals surface area contributed by atoms with Crippen molar-refractivity contribution in [3.05, 3.63) is 111 Å². The first-order valence-electron chi connectivity index (χ1n) is 21.8. The Kier molecular flexibility index (Phi) is 12.3. The molecule has 2 fully saturated rings. The molecule has 64 heavy (non-hydrogen) atoms. The molecule has 15 nitrogen and oxygen atoms in total. The highest BCUT2D eigenvalue weighted by atomic mass is 35.5. The number of rotatable bonds is 12. The molecule has 0 radical (unpaired) electrons.